The van der Waals surface area contributed by atoms with Gasteiger partial charge in [-0.2, -0.15) is 5.26 Å². The molecule has 25 heavy (non-hydrogen) atoms. The van der Waals surface area contributed by atoms with Gasteiger partial charge in [0.25, 0.3) is 0 Å². The highest BCUT2D eigenvalue weighted by Crippen LogP contribution is 2.06. The van der Waals surface area contributed by atoms with Gasteiger partial charge in [0, 0.05) is 19.8 Å². The summed E-state index contributed by atoms with van der Waals surface area (Å²) >= 11 is 0. The smallest absolute Gasteiger partial charge is 0.243 e. The lowest BCUT2D eigenvalue weighted by atomic mass is 10.0. The number of nitrogens with zero attached hydrogens (tertiary/aromatic N) is 1. The van der Waals surface area contributed by atoms with Crippen molar-refractivity contribution >= 4 is 17.7 Å². The summed E-state index contributed by atoms with van der Waals surface area (Å²) < 4.78 is 0. The number of nitriles is 1. The van der Waals surface area contributed by atoms with Crippen LogP contribution in [0.25, 0.3) is 0 Å². The molecule has 0 aromatic heterocycles. The topological polar surface area (TPSA) is 125 Å². The van der Waals surface area contributed by atoms with Crippen molar-refractivity contribution in [1.82, 2.24) is 10.6 Å². The van der Waals surface area contributed by atoms with E-state index in [1.807, 2.05) is 36.4 Å². The Morgan fingerprint density at radius 1 is 1.12 bits per heavy atom. The number of amides is 3. The molecule has 7 nitrogen and oxygen atoms in total. The molecule has 0 spiro atoms. The van der Waals surface area contributed by atoms with Gasteiger partial charge in [0.05, 0.1) is 6.07 Å². The van der Waals surface area contributed by atoms with Crippen molar-refractivity contribution in [2.45, 2.75) is 51.1 Å². The second-order valence-electron chi connectivity index (χ2n) is 5.81. The molecule has 134 valence electrons. The van der Waals surface area contributed by atoms with Crippen LogP contribution in [0.3, 0.4) is 0 Å². The number of primary amides is 1. The van der Waals surface area contributed by atoms with E-state index in [9.17, 15) is 14.4 Å². The fourth-order valence-corrected chi connectivity index (χ4v) is 2.41. The van der Waals surface area contributed by atoms with Gasteiger partial charge in [-0.15, -0.1) is 0 Å². The largest absolute Gasteiger partial charge is 0.368 e. The van der Waals surface area contributed by atoms with Crippen LogP contribution in [0.5, 0.6) is 0 Å². The van der Waals surface area contributed by atoms with E-state index in [-0.39, 0.29) is 5.91 Å². The molecule has 3 amide bonds. The summed E-state index contributed by atoms with van der Waals surface area (Å²) in [5.41, 5.74) is 6.24. The quantitative estimate of drug-likeness (QED) is 0.542. The number of hydrogen-bond donors (Lipinski definition) is 3. The summed E-state index contributed by atoms with van der Waals surface area (Å²) in [5, 5.41) is 13.7. The van der Waals surface area contributed by atoms with Crippen LogP contribution >= 0.6 is 0 Å². The molecule has 1 aromatic carbocycles. The van der Waals surface area contributed by atoms with Crippen LogP contribution in [0.1, 0.15) is 38.2 Å². The normalized spacial score (nSPS) is 12.5. The summed E-state index contributed by atoms with van der Waals surface area (Å²) in [6, 6.07) is 9.68. The van der Waals surface area contributed by atoms with Gasteiger partial charge in [0.2, 0.25) is 17.7 Å². The van der Waals surface area contributed by atoms with Crippen molar-refractivity contribution < 1.29 is 14.4 Å². The molecule has 0 aliphatic heterocycles. The molecule has 0 aliphatic rings. The Bertz CT molecular complexity index is 625. The van der Waals surface area contributed by atoms with Crippen molar-refractivity contribution in [3.8, 4) is 6.07 Å². The Labute approximate surface area is 147 Å². The highest BCUT2D eigenvalue weighted by Gasteiger charge is 2.24. The van der Waals surface area contributed by atoms with Crippen LogP contribution in [-0.2, 0) is 20.8 Å². The number of hydrogen-bond acceptors (Lipinski definition) is 4. The van der Waals surface area contributed by atoms with Crippen LogP contribution in [0.4, 0.5) is 0 Å². The third-order valence-corrected chi connectivity index (χ3v) is 3.67. The summed E-state index contributed by atoms with van der Waals surface area (Å²) in [4.78, 5) is 35.5. The number of carbonyl (C=O) groups excluding carboxylic acids is 3. The summed E-state index contributed by atoms with van der Waals surface area (Å²) in [5.74, 6) is -1.42. The van der Waals surface area contributed by atoms with Crippen LogP contribution in [0.15, 0.2) is 30.3 Å². The predicted molar refractivity (Wildman–Crippen MR) is 93.0 cm³/mol. The molecule has 0 saturated heterocycles. The fraction of sp³-hybridized carbons (Fsp3) is 0.444. The van der Waals surface area contributed by atoms with E-state index in [1.165, 1.54) is 6.92 Å². The van der Waals surface area contributed by atoms with Gasteiger partial charge >= 0.3 is 0 Å². The van der Waals surface area contributed by atoms with Crippen LogP contribution in [0.2, 0.25) is 0 Å². The van der Waals surface area contributed by atoms with Crippen molar-refractivity contribution in [1.29, 1.82) is 5.26 Å². The molecule has 0 heterocycles. The lowest BCUT2D eigenvalue weighted by Crippen LogP contribution is -2.53. The molecule has 0 radical (unpaired) electrons. The molecule has 1 aromatic rings. The predicted octanol–water partition coefficient (Wildman–Crippen LogP) is 0.788. The van der Waals surface area contributed by atoms with Crippen LogP contribution in [0, 0.1) is 11.3 Å². The zero-order valence-corrected chi connectivity index (χ0v) is 14.3. The molecule has 0 aliphatic carbocycles. The Kier molecular flexibility index (Phi) is 8.72. The van der Waals surface area contributed by atoms with Crippen molar-refractivity contribution in [2.75, 3.05) is 0 Å². The summed E-state index contributed by atoms with van der Waals surface area (Å²) in [6.45, 7) is 1.33. The van der Waals surface area contributed by atoms with E-state index >= 15 is 0 Å². The number of benzene rings is 1. The van der Waals surface area contributed by atoms with Gasteiger partial charge in [0.1, 0.15) is 12.1 Å². The highest BCUT2D eigenvalue weighted by atomic mass is 16.2. The van der Waals surface area contributed by atoms with E-state index in [0.717, 1.165) is 5.56 Å². The first kappa shape index (κ1) is 20.2. The van der Waals surface area contributed by atoms with Crippen LogP contribution in [-0.4, -0.2) is 29.8 Å². The minimum Gasteiger partial charge on any atom is -0.368 e. The third kappa shape index (κ3) is 7.97. The second kappa shape index (κ2) is 10.8. The summed E-state index contributed by atoms with van der Waals surface area (Å²) in [7, 11) is 0. The first-order valence-electron chi connectivity index (χ1n) is 8.21. The van der Waals surface area contributed by atoms with Gasteiger partial charge < -0.3 is 16.4 Å². The van der Waals surface area contributed by atoms with E-state index < -0.39 is 23.9 Å². The number of rotatable bonds is 10. The zero-order chi connectivity index (χ0) is 18.7. The number of nitrogens with two attached hydrogens (primary N) is 1. The fourth-order valence-electron chi connectivity index (χ4n) is 2.41. The molecule has 4 N–H and O–H groups in total. The first-order chi connectivity index (χ1) is 11.9. The Morgan fingerprint density at radius 2 is 1.80 bits per heavy atom. The zero-order valence-electron chi connectivity index (χ0n) is 14.3. The highest BCUT2D eigenvalue weighted by molar-refractivity contribution is 5.91. The molecule has 0 saturated carbocycles. The van der Waals surface area contributed by atoms with E-state index in [4.69, 9.17) is 11.0 Å². The van der Waals surface area contributed by atoms with Crippen molar-refractivity contribution in [3.05, 3.63) is 35.9 Å². The Morgan fingerprint density at radius 3 is 2.36 bits per heavy atom. The van der Waals surface area contributed by atoms with Crippen molar-refractivity contribution in [2.24, 2.45) is 5.73 Å². The van der Waals surface area contributed by atoms with Gasteiger partial charge in [-0.05, 0) is 24.8 Å². The molecule has 0 unspecified atom stereocenters. The minimum absolute atomic E-state index is 0.312. The average Bonchev–Trinajstić information content (AvgIpc) is 2.57. The third-order valence-electron chi connectivity index (χ3n) is 3.67. The maximum absolute atomic E-state index is 12.5. The lowest BCUT2D eigenvalue weighted by Gasteiger charge is -2.21. The van der Waals surface area contributed by atoms with Gasteiger partial charge in [-0.1, -0.05) is 30.3 Å². The monoisotopic (exact) mass is 344 g/mol. The Hall–Kier alpha value is -2.88. The standard InChI is InChI=1S/C18H24N4O3/c1-13(23)21-16(12-14-8-4-2-5-9-14)18(25)22-15(17(20)24)10-6-3-7-11-19/h2,4-5,8-9,15-16H,3,6-7,10,12H2,1H3,(H2,20,24)(H,21,23)(H,22,25)/t15-,16-/m1/s1. The molecule has 7 heteroatoms. The number of unbranched alkanes of at least 4 members (excludes halogenated alkanes) is 2. The minimum atomic E-state index is -0.821. The molecule has 2 atom stereocenters. The maximum atomic E-state index is 12.5. The van der Waals surface area contributed by atoms with E-state index in [1.54, 1.807) is 0 Å². The molecule has 1 rings (SSSR count). The molecule has 0 bridgehead atoms. The second-order valence-corrected chi connectivity index (χ2v) is 5.81. The maximum Gasteiger partial charge on any atom is 0.243 e. The van der Waals surface area contributed by atoms with E-state index in [2.05, 4.69) is 10.6 Å². The number of carbonyl (C=O) groups is 3. The van der Waals surface area contributed by atoms with Gasteiger partial charge in [-0.25, -0.2) is 0 Å². The van der Waals surface area contributed by atoms with Gasteiger partial charge in [-0.3, -0.25) is 14.4 Å². The lowest BCUT2D eigenvalue weighted by molar-refractivity contribution is -0.130. The van der Waals surface area contributed by atoms with Gasteiger partial charge in [0.15, 0.2) is 0 Å². The van der Waals surface area contributed by atoms with E-state index in [0.29, 0.717) is 32.1 Å². The SMILES string of the molecule is CC(=O)N[C@H](Cc1ccccc1)C(=O)N[C@H](CCCCC#N)C(N)=O. The Balaban J connectivity index is 2.72. The number of nitrogens with one attached hydrogen (secondary N) is 2. The average molecular weight is 344 g/mol. The summed E-state index contributed by atoms with van der Waals surface area (Å²) in [6.07, 6.45) is 2.30. The first-order valence-corrected chi connectivity index (χ1v) is 8.21. The molecular formula is C18H24N4O3. The molecule has 0 fully saturated rings. The molecular weight excluding hydrogens is 320 g/mol. The van der Waals surface area contributed by atoms with Crippen LogP contribution < -0.4 is 16.4 Å². The van der Waals surface area contributed by atoms with Crippen molar-refractivity contribution in [3.63, 3.8) is 0 Å².